The number of hydrogen-bond acceptors (Lipinski definition) is 10. The maximum absolute atomic E-state index is 15.1. The summed E-state index contributed by atoms with van der Waals surface area (Å²) in [6.07, 6.45) is -0.0372. The maximum atomic E-state index is 15.1. The Morgan fingerprint density at radius 3 is 2.63 bits per heavy atom. The van der Waals surface area contributed by atoms with Gasteiger partial charge in [0.05, 0.1) is 32.7 Å². The van der Waals surface area contributed by atoms with E-state index in [-0.39, 0.29) is 60.2 Å². The van der Waals surface area contributed by atoms with E-state index in [0.29, 0.717) is 12.2 Å². The van der Waals surface area contributed by atoms with E-state index in [1.165, 1.54) is 31.3 Å². The van der Waals surface area contributed by atoms with Crippen LogP contribution in [0.15, 0.2) is 28.7 Å². The number of pyridine rings is 1. The first-order valence-corrected chi connectivity index (χ1v) is 18.3. The van der Waals surface area contributed by atoms with E-state index < -0.39 is 55.6 Å². The van der Waals surface area contributed by atoms with Gasteiger partial charge < -0.3 is 34.2 Å². The van der Waals surface area contributed by atoms with E-state index in [1.54, 1.807) is 6.07 Å². The number of aromatic nitrogens is 1. The average molecular weight is 660 g/mol. The number of hydrogen-bond donors (Lipinski definition) is 2. The number of esters is 1. The van der Waals surface area contributed by atoms with Crippen LogP contribution in [0, 0.1) is 11.6 Å². The fourth-order valence-corrected chi connectivity index (χ4v) is 6.02. The summed E-state index contributed by atoms with van der Waals surface area (Å²) in [4.78, 5) is 58.7. The van der Waals surface area contributed by atoms with Crippen LogP contribution in [0.25, 0.3) is 11.1 Å². The largest absolute Gasteiger partial charge is 0.494 e. The van der Waals surface area contributed by atoms with Crippen molar-refractivity contribution < 1.29 is 46.6 Å². The minimum absolute atomic E-state index is 0.0372. The number of rotatable bonds is 13. The fourth-order valence-electron chi connectivity index (χ4n) is 5.26. The summed E-state index contributed by atoms with van der Waals surface area (Å²) in [6.45, 7) is 6.01. The number of nitrogens with one attached hydrogen (secondary N) is 2. The van der Waals surface area contributed by atoms with Crippen LogP contribution < -0.4 is 15.4 Å². The van der Waals surface area contributed by atoms with Crippen LogP contribution in [-0.4, -0.2) is 87.3 Å². The Balaban J connectivity index is 1.49. The van der Waals surface area contributed by atoms with E-state index in [9.17, 15) is 23.6 Å². The summed E-state index contributed by atoms with van der Waals surface area (Å²) in [5.74, 6) is -4.02. The van der Waals surface area contributed by atoms with Crippen LogP contribution in [-0.2, 0) is 31.1 Å². The molecule has 0 spiro atoms. The van der Waals surface area contributed by atoms with Gasteiger partial charge in [0.25, 0.3) is 11.8 Å². The topological polar surface area (TPSA) is 153 Å². The van der Waals surface area contributed by atoms with Crippen LogP contribution in [0.1, 0.15) is 28.1 Å². The van der Waals surface area contributed by atoms with Gasteiger partial charge in [-0.2, -0.15) is 0 Å². The Labute approximate surface area is 264 Å². The number of urea groups is 1. The molecule has 13 nitrogen and oxygen atoms in total. The zero-order chi connectivity index (χ0) is 33.4. The van der Waals surface area contributed by atoms with Gasteiger partial charge >= 0.3 is 12.0 Å². The van der Waals surface area contributed by atoms with Crippen LogP contribution in [0.3, 0.4) is 0 Å². The molecule has 0 unspecified atom stereocenters. The fraction of sp³-hybridized carbons (Fsp3) is 0.433. The van der Waals surface area contributed by atoms with Crippen LogP contribution >= 0.6 is 0 Å². The average Bonchev–Trinajstić information content (AvgIpc) is 3.63. The predicted molar refractivity (Wildman–Crippen MR) is 163 cm³/mol. The van der Waals surface area contributed by atoms with Crippen molar-refractivity contribution >= 4 is 48.8 Å². The van der Waals surface area contributed by atoms with Crippen molar-refractivity contribution in [1.82, 2.24) is 20.1 Å². The van der Waals surface area contributed by atoms with Crippen LogP contribution in [0.5, 0.6) is 5.75 Å². The quantitative estimate of drug-likeness (QED) is 0.120. The normalized spacial score (nSPS) is 17.9. The zero-order valence-electron chi connectivity index (χ0n) is 26.1. The number of methoxy groups -OCH3 is 2. The van der Waals surface area contributed by atoms with Crippen molar-refractivity contribution in [2.24, 2.45) is 0 Å². The van der Waals surface area contributed by atoms with E-state index in [1.807, 2.05) is 0 Å². The Morgan fingerprint density at radius 1 is 1.17 bits per heavy atom. The third-order valence-corrected chi connectivity index (χ3v) is 9.53. The van der Waals surface area contributed by atoms with Gasteiger partial charge in [-0.3, -0.25) is 14.4 Å². The standard InChI is InChI=1S/C30H35F2N5O8Si/c1-42-20-7-6-17-14-36(27(39)24(17)25(20)32)15-30(28(40)37(29(41)35-30)16-44-10-11-46(3,4)5)22-13-19-21(45-22)12-18(31)26(34-19)33-9-8-23(38)43-2/h6-7,12-13H,8-11,14-16H2,1-5H3,(H,33,34)(H,35,41)/t30-/m0/s1. The lowest BCUT2D eigenvalue weighted by Crippen LogP contribution is -2.52. The summed E-state index contributed by atoms with van der Waals surface area (Å²) in [6, 6.07) is 5.38. The number of furan rings is 1. The van der Waals surface area contributed by atoms with Gasteiger partial charge in [0, 0.05) is 39.9 Å². The van der Waals surface area contributed by atoms with Crippen LogP contribution in [0.4, 0.5) is 19.4 Å². The molecule has 2 aliphatic heterocycles. The second-order valence-electron chi connectivity index (χ2n) is 12.3. The highest BCUT2D eigenvalue weighted by molar-refractivity contribution is 6.76. The van der Waals surface area contributed by atoms with Gasteiger partial charge in [-0.05, 0) is 17.7 Å². The second kappa shape index (κ2) is 12.7. The Morgan fingerprint density at radius 2 is 1.93 bits per heavy atom. The van der Waals surface area contributed by atoms with Gasteiger partial charge in [0.15, 0.2) is 34.3 Å². The first kappa shape index (κ1) is 32.8. The summed E-state index contributed by atoms with van der Waals surface area (Å²) < 4.78 is 51.3. The first-order valence-electron chi connectivity index (χ1n) is 14.6. The Bertz CT molecular complexity index is 1710. The Kier molecular flexibility index (Phi) is 9.04. The summed E-state index contributed by atoms with van der Waals surface area (Å²) in [5, 5.41) is 5.39. The summed E-state index contributed by atoms with van der Waals surface area (Å²) >= 11 is 0. The van der Waals surface area contributed by atoms with Crippen LogP contribution in [0.2, 0.25) is 25.7 Å². The van der Waals surface area contributed by atoms with Crippen molar-refractivity contribution in [3.05, 3.63) is 52.8 Å². The van der Waals surface area contributed by atoms with Gasteiger partial charge in [-0.25, -0.2) is 23.5 Å². The molecule has 1 aromatic carbocycles. The molecule has 4 heterocycles. The molecule has 0 saturated carbocycles. The molecule has 1 atom stereocenters. The molecule has 246 valence electrons. The lowest BCUT2D eigenvalue weighted by atomic mass is 9.95. The van der Waals surface area contributed by atoms with E-state index in [0.717, 1.165) is 17.0 Å². The molecule has 2 aliphatic rings. The molecule has 46 heavy (non-hydrogen) atoms. The number of imide groups is 1. The molecule has 2 N–H and O–H groups in total. The number of fused-ring (bicyclic) bond motifs is 2. The van der Waals surface area contributed by atoms with E-state index >= 15 is 4.39 Å². The first-order chi connectivity index (χ1) is 21.8. The van der Waals surface area contributed by atoms with Gasteiger partial charge in [0.1, 0.15) is 18.0 Å². The summed E-state index contributed by atoms with van der Waals surface area (Å²) in [5.41, 5.74) is -1.71. The third kappa shape index (κ3) is 6.26. The lowest BCUT2D eigenvalue weighted by Gasteiger charge is -2.29. The molecule has 0 bridgehead atoms. The molecule has 16 heteroatoms. The highest BCUT2D eigenvalue weighted by Crippen LogP contribution is 2.38. The number of anilines is 1. The molecule has 5 rings (SSSR count). The second-order valence-corrected chi connectivity index (χ2v) is 17.9. The number of benzene rings is 1. The predicted octanol–water partition coefficient (Wildman–Crippen LogP) is 3.81. The highest BCUT2D eigenvalue weighted by atomic mass is 28.3. The third-order valence-electron chi connectivity index (χ3n) is 7.82. The van der Waals surface area contributed by atoms with E-state index in [2.05, 4.69) is 40.0 Å². The highest BCUT2D eigenvalue weighted by Gasteiger charge is 2.57. The molecule has 3 aromatic rings. The van der Waals surface area contributed by atoms with E-state index in [4.69, 9.17) is 13.9 Å². The molecular formula is C30H35F2N5O8Si. The number of carbonyl (C=O) groups is 4. The molecule has 1 fully saturated rings. The molecule has 4 amide bonds. The maximum Gasteiger partial charge on any atom is 0.327 e. The molecular weight excluding hydrogens is 624 g/mol. The monoisotopic (exact) mass is 659 g/mol. The molecule has 0 aliphatic carbocycles. The summed E-state index contributed by atoms with van der Waals surface area (Å²) in [7, 11) is 1.06. The Hall–Kier alpha value is -4.57. The van der Waals surface area contributed by atoms with Crippen molar-refractivity contribution in [1.29, 1.82) is 0 Å². The van der Waals surface area contributed by atoms with Gasteiger partial charge in [0.2, 0.25) is 0 Å². The smallest absolute Gasteiger partial charge is 0.327 e. The minimum Gasteiger partial charge on any atom is -0.494 e. The van der Waals surface area contributed by atoms with Crippen molar-refractivity contribution in [2.45, 2.75) is 44.2 Å². The van der Waals surface area contributed by atoms with Crippen molar-refractivity contribution in [2.75, 3.05) is 46.0 Å². The lowest BCUT2D eigenvalue weighted by molar-refractivity contribution is -0.140. The van der Waals surface area contributed by atoms with Crippen molar-refractivity contribution in [3.63, 3.8) is 0 Å². The number of halogens is 2. The number of amides is 4. The minimum atomic E-state index is -1.98. The number of carbonyl (C=O) groups excluding carboxylic acids is 4. The zero-order valence-corrected chi connectivity index (χ0v) is 27.1. The molecule has 1 saturated heterocycles. The van der Waals surface area contributed by atoms with Gasteiger partial charge in [-0.1, -0.05) is 25.7 Å². The molecule has 0 radical (unpaired) electrons. The van der Waals surface area contributed by atoms with Gasteiger partial charge in [-0.15, -0.1) is 0 Å². The molecule has 2 aromatic heterocycles. The SMILES string of the molecule is COC(=O)CCNc1nc2cc([C@]3(CN4Cc5ccc(OC)c(F)c5C4=O)NC(=O)N(COCC[Si](C)(C)C)C3=O)oc2cc1F. The number of ether oxygens (including phenoxy) is 3. The number of nitrogens with zero attached hydrogens (tertiary/aromatic N) is 3. The van der Waals surface area contributed by atoms with Crippen molar-refractivity contribution in [3.8, 4) is 5.75 Å².